The Hall–Kier alpha value is -0.850. The van der Waals surface area contributed by atoms with Crippen molar-refractivity contribution in [3.05, 3.63) is 0 Å². The summed E-state index contributed by atoms with van der Waals surface area (Å²) in [4.78, 5) is 6.95. The summed E-state index contributed by atoms with van der Waals surface area (Å²) in [6, 6.07) is 0.454. The first-order valence-corrected chi connectivity index (χ1v) is 9.23. The molecule has 2 atom stereocenters. The molecule has 132 valence electrons. The quantitative estimate of drug-likeness (QED) is 0.415. The fraction of sp³-hybridized carbons (Fsp3) is 0.941. The smallest absolute Gasteiger partial charge is 0.188 e. The highest BCUT2D eigenvalue weighted by molar-refractivity contribution is 5.78. The Kier molecular flexibility index (Phi) is 5.77. The molecule has 3 aliphatic rings. The number of hydrogen-bond donors (Lipinski definition) is 2. The second-order valence-corrected chi connectivity index (χ2v) is 7.04. The third-order valence-electron chi connectivity index (χ3n) is 5.78. The van der Waals surface area contributed by atoms with Gasteiger partial charge in [0.2, 0.25) is 0 Å². The van der Waals surface area contributed by atoms with Crippen LogP contribution in [-0.2, 0) is 9.47 Å². The van der Waals surface area contributed by atoms with Crippen LogP contribution in [0.2, 0.25) is 0 Å². The van der Waals surface area contributed by atoms with E-state index in [1.807, 2.05) is 0 Å². The average molecular weight is 324 g/mol. The number of morpholine rings is 1. The van der Waals surface area contributed by atoms with Gasteiger partial charge in [0.05, 0.1) is 19.3 Å². The van der Waals surface area contributed by atoms with E-state index >= 15 is 0 Å². The minimum absolute atomic E-state index is 0.337. The Morgan fingerprint density at radius 3 is 2.83 bits per heavy atom. The van der Waals surface area contributed by atoms with Gasteiger partial charge in [0.1, 0.15) is 0 Å². The molecule has 0 radical (unpaired) electrons. The molecule has 0 bridgehead atoms. The Morgan fingerprint density at radius 2 is 2.17 bits per heavy atom. The van der Waals surface area contributed by atoms with E-state index < -0.39 is 0 Å². The summed E-state index contributed by atoms with van der Waals surface area (Å²) >= 11 is 0. The van der Waals surface area contributed by atoms with Crippen LogP contribution in [0.5, 0.6) is 0 Å². The second-order valence-electron chi connectivity index (χ2n) is 7.04. The van der Waals surface area contributed by atoms with Gasteiger partial charge in [0, 0.05) is 44.2 Å². The molecule has 2 unspecified atom stereocenters. The van der Waals surface area contributed by atoms with Gasteiger partial charge in [-0.15, -0.1) is 0 Å². The Bertz CT molecular complexity index is 405. The van der Waals surface area contributed by atoms with Crippen molar-refractivity contribution in [3.63, 3.8) is 0 Å². The molecule has 0 amide bonds. The monoisotopic (exact) mass is 324 g/mol. The van der Waals surface area contributed by atoms with Crippen molar-refractivity contribution in [1.82, 2.24) is 10.2 Å². The molecule has 23 heavy (non-hydrogen) atoms. The van der Waals surface area contributed by atoms with Gasteiger partial charge in [0.15, 0.2) is 5.96 Å². The molecule has 1 saturated heterocycles. The lowest BCUT2D eigenvalue weighted by atomic mass is 9.51. The summed E-state index contributed by atoms with van der Waals surface area (Å²) in [6.45, 7) is 8.57. The zero-order chi connectivity index (χ0) is 16.1. The van der Waals surface area contributed by atoms with E-state index in [2.05, 4.69) is 22.1 Å². The zero-order valence-corrected chi connectivity index (χ0v) is 14.4. The van der Waals surface area contributed by atoms with Crippen LogP contribution in [0.4, 0.5) is 0 Å². The van der Waals surface area contributed by atoms with Crippen LogP contribution < -0.4 is 11.1 Å². The molecule has 2 saturated carbocycles. The Labute approximate surface area is 139 Å². The van der Waals surface area contributed by atoms with E-state index in [9.17, 15) is 0 Å². The number of rotatable bonds is 7. The van der Waals surface area contributed by atoms with Gasteiger partial charge in [-0.05, 0) is 32.6 Å². The molecule has 0 aromatic heterocycles. The van der Waals surface area contributed by atoms with Crippen LogP contribution in [0.3, 0.4) is 0 Å². The fourth-order valence-corrected chi connectivity index (χ4v) is 4.18. The maximum atomic E-state index is 6.09. The highest BCUT2D eigenvalue weighted by Crippen LogP contribution is 2.57. The number of hydrogen-bond acceptors (Lipinski definition) is 4. The number of aliphatic imine (C=N–C) groups is 1. The molecule has 6 nitrogen and oxygen atoms in total. The molecule has 3 N–H and O–H groups in total. The summed E-state index contributed by atoms with van der Waals surface area (Å²) in [5, 5.41) is 3.45. The molecular weight excluding hydrogens is 292 g/mol. The summed E-state index contributed by atoms with van der Waals surface area (Å²) in [7, 11) is 0. The van der Waals surface area contributed by atoms with Crippen molar-refractivity contribution in [2.24, 2.45) is 16.1 Å². The summed E-state index contributed by atoms with van der Waals surface area (Å²) in [5.41, 5.74) is 6.42. The van der Waals surface area contributed by atoms with Crippen LogP contribution in [0.15, 0.2) is 4.99 Å². The number of ether oxygens (including phenoxy) is 2. The molecule has 2 aliphatic carbocycles. The lowest BCUT2D eigenvalue weighted by Crippen LogP contribution is -2.68. The molecule has 1 spiro atoms. The number of nitrogens with two attached hydrogens (primary N) is 1. The molecule has 0 aromatic rings. The van der Waals surface area contributed by atoms with Gasteiger partial charge in [-0.1, -0.05) is 6.42 Å². The predicted octanol–water partition coefficient (Wildman–Crippen LogP) is 0.961. The third-order valence-corrected chi connectivity index (χ3v) is 5.78. The Morgan fingerprint density at radius 1 is 1.39 bits per heavy atom. The fourth-order valence-electron chi connectivity index (χ4n) is 4.18. The lowest BCUT2D eigenvalue weighted by Gasteiger charge is -2.61. The first-order valence-electron chi connectivity index (χ1n) is 9.23. The van der Waals surface area contributed by atoms with Crippen molar-refractivity contribution >= 4 is 5.96 Å². The molecule has 1 heterocycles. The second kappa shape index (κ2) is 7.81. The molecular formula is C17H32N4O2. The SMILES string of the molecule is CCOC1CC(NC(N)=NCCCN2CCOCC2)C12CCC2. The standard InChI is InChI=1S/C17H32N4O2/c1-2-23-15-13-14(17(15)5-3-6-17)20-16(18)19-7-4-8-21-9-11-22-12-10-21/h14-15H,2-13H2,1H3,(H3,18,19,20). The lowest BCUT2D eigenvalue weighted by molar-refractivity contribution is -0.168. The van der Waals surface area contributed by atoms with E-state index in [-0.39, 0.29) is 0 Å². The average Bonchev–Trinajstić information content (AvgIpc) is 2.50. The van der Waals surface area contributed by atoms with Crippen molar-refractivity contribution in [2.45, 2.75) is 51.2 Å². The van der Waals surface area contributed by atoms with E-state index in [1.54, 1.807) is 0 Å². The molecule has 1 aliphatic heterocycles. The van der Waals surface area contributed by atoms with E-state index in [0.29, 0.717) is 23.5 Å². The van der Waals surface area contributed by atoms with Gasteiger partial charge in [-0.2, -0.15) is 0 Å². The van der Waals surface area contributed by atoms with Gasteiger partial charge in [-0.3, -0.25) is 9.89 Å². The highest BCUT2D eigenvalue weighted by Gasteiger charge is 2.59. The van der Waals surface area contributed by atoms with E-state index in [4.69, 9.17) is 15.2 Å². The van der Waals surface area contributed by atoms with Crippen LogP contribution in [0.25, 0.3) is 0 Å². The summed E-state index contributed by atoms with van der Waals surface area (Å²) in [5.74, 6) is 0.609. The molecule has 3 rings (SSSR count). The van der Waals surface area contributed by atoms with E-state index in [0.717, 1.165) is 58.8 Å². The molecule has 6 heteroatoms. The molecule has 3 fully saturated rings. The summed E-state index contributed by atoms with van der Waals surface area (Å²) in [6.07, 6.45) is 6.39. The Balaban J connectivity index is 1.36. The topological polar surface area (TPSA) is 72.1 Å². The van der Waals surface area contributed by atoms with Crippen LogP contribution in [0, 0.1) is 5.41 Å². The van der Waals surface area contributed by atoms with Gasteiger partial charge in [-0.25, -0.2) is 0 Å². The van der Waals surface area contributed by atoms with Crippen LogP contribution in [0.1, 0.15) is 39.0 Å². The highest BCUT2D eigenvalue weighted by atomic mass is 16.5. The first-order chi connectivity index (χ1) is 11.2. The van der Waals surface area contributed by atoms with Crippen molar-refractivity contribution in [1.29, 1.82) is 0 Å². The van der Waals surface area contributed by atoms with Crippen molar-refractivity contribution in [2.75, 3.05) is 46.0 Å². The van der Waals surface area contributed by atoms with Crippen LogP contribution >= 0.6 is 0 Å². The van der Waals surface area contributed by atoms with Gasteiger partial charge < -0.3 is 20.5 Å². The minimum atomic E-state index is 0.337. The zero-order valence-electron chi connectivity index (χ0n) is 14.4. The maximum Gasteiger partial charge on any atom is 0.188 e. The van der Waals surface area contributed by atoms with Crippen molar-refractivity contribution in [3.8, 4) is 0 Å². The van der Waals surface area contributed by atoms with Gasteiger partial charge >= 0.3 is 0 Å². The predicted molar refractivity (Wildman–Crippen MR) is 91.6 cm³/mol. The minimum Gasteiger partial charge on any atom is -0.379 e. The molecule has 0 aromatic carbocycles. The number of nitrogens with one attached hydrogen (secondary N) is 1. The summed E-state index contributed by atoms with van der Waals surface area (Å²) < 4.78 is 11.2. The van der Waals surface area contributed by atoms with E-state index in [1.165, 1.54) is 19.3 Å². The normalized spacial score (nSPS) is 30.7. The van der Waals surface area contributed by atoms with Gasteiger partial charge in [0.25, 0.3) is 0 Å². The van der Waals surface area contributed by atoms with Crippen LogP contribution in [-0.4, -0.2) is 69.0 Å². The van der Waals surface area contributed by atoms with Crippen molar-refractivity contribution < 1.29 is 9.47 Å². The third kappa shape index (κ3) is 3.80. The number of nitrogens with zero attached hydrogens (tertiary/aromatic N) is 2. The largest absolute Gasteiger partial charge is 0.379 e. The maximum absolute atomic E-state index is 6.09. The first kappa shape index (κ1) is 17.0. The number of guanidine groups is 1.